The molecule has 0 aromatic carbocycles. The van der Waals surface area contributed by atoms with E-state index in [2.05, 4.69) is 4.98 Å². The van der Waals surface area contributed by atoms with Crippen LogP contribution >= 0.6 is 11.3 Å². The zero-order chi connectivity index (χ0) is 16.6. The zero-order valence-corrected chi connectivity index (χ0v) is 13.4. The molecule has 1 N–H and O–H groups in total. The van der Waals surface area contributed by atoms with E-state index in [1.165, 1.54) is 12.8 Å². The molecule has 0 radical (unpaired) electrons. The summed E-state index contributed by atoms with van der Waals surface area (Å²) in [5, 5.41) is 12.0. The molecule has 23 heavy (non-hydrogen) atoms. The average molecular weight is 348 g/mol. The van der Waals surface area contributed by atoms with Gasteiger partial charge in [-0.25, -0.2) is 4.98 Å². The standard InChI is InChI=1S/C15H19F3N2O2S/c16-15(17,18)12-7-20(6-11(12)14(21)22)5-10-8-23-13(19-10)9-3-1-2-4-9/h8-9,11-12H,1-7H2,(H,21,22)/t11-,12-/m1/s1. The van der Waals surface area contributed by atoms with Gasteiger partial charge >= 0.3 is 12.1 Å². The van der Waals surface area contributed by atoms with Crippen molar-refractivity contribution in [1.29, 1.82) is 0 Å². The Bertz CT molecular complexity index is 569. The van der Waals surface area contributed by atoms with Crippen LogP contribution in [-0.2, 0) is 11.3 Å². The van der Waals surface area contributed by atoms with Gasteiger partial charge in [0, 0.05) is 30.9 Å². The van der Waals surface area contributed by atoms with Gasteiger partial charge in [0.15, 0.2) is 0 Å². The highest BCUT2D eigenvalue weighted by molar-refractivity contribution is 7.09. The SMILES string of the molecule is O=C(O)[C@@H]1CN(Cc2csc(C3CCCC3)n2)C[C@H]1C(F)(F)F. The first-order chi connectivity index (χ1) is 10.8. The predicted octanol–water partition coefficient (Wildman–Crippen LogP) is 3.50. The summed E-state index contributed by atoms with van der Waals surface area (Å²) in [6.45, 7) is -0.0495. The number of hydrogen-bond donors (Lipinski definition) is 1. The maximum Gasteiger partial charge on any atom is 0.393 e. The summed E-state index contributed by atoms with van der Waals surface area (Å²) in [6, 6.07) is 0. The van der Waals surface area contributed by atoms with Gasteiger partial charge in [0.1, 0.15) is 0 Å². The third kappa shape index (κ3) is 3.68. The third-order valence-electron chi connectivity index (χ3n) is 4.79. The van der Waals surface area contributed by atoms with E-state index in [1.807, 2.05) is 5.38 Å². The fraction of sp³-hybridized carbons (Fsp3) is 0.733. The van der Waals surface area contributed by atoms with Crippen molar-refractivity contribution in [2.45, 2.75) is 44.3 Å². The summed E-state index contributed by atoms with van der Waals surface area (Å²) < 4.78 is 39.0. The highest BCUT2D eigenvalue weighted by atomic mass is 32.1. The first kappa shape index (κ1) is 16.7. The fourth-order valence-corrected chi connectivity index (χ4v) is 4.56. The lowest BCUT2D eigenvalue weighted by Crippen LogP contribution is -2.33. The van der Waals surface area contributed by atoms with Crippen molar-refractivity contribution in [3.63, 3.8) is 0 Å². The lowest BCUT2D eigenvalue weighted by atomic mass is 9.96. The molecule has 0 bridgehead atoms. The fourth-order valence-electron chi connectivity index (χ4n) is 3.58. The van der Waals surface area contributed by atoms with Crippen LogP contribution in [0.2, 0.25) is 0 Å². The lowest BCUT2D eigenvalue weighted by Gasteiger charge is -2.18. The number of aromatic nitrogens is 1. The molecule has 2 fully saturated rings. The summed E-state index contributed by atoms with van der Waals surface area (Å²) in [5.41, 5.74) is 0.754. The number of rotatable bonds is 4. The van der Waals surface area contributed by atoms with Crippen molar-refractivity contribution < 1.29 is 23.1 Å². The van der Waals surface area contributed by atoms with Crippen molar-refractivity contribution >= 4 is 17.3 Å². The van der Waals surface area contributed by atoms with Gasteiger partial charge < -0.3 is 5.11 Å². The molecule has 1 aromatic rings. The molecule has 2 aliphatic rings. The Kier molecular flexibility index (Phi) is 4.64. The number of nitrogens with zero attached hydrogens (tertiary/aromatic N) is 2. The van der Waals surface area contributed by atoms with Crippen LogP contribution in [0.5, 0.6) is 0 Å². The van der Waals surface area contributed by atoms with Crippen LogP contribution in [0.4, 0.5) is 13.2 Å². The number of alkyl halides is 3. The minimum absolute atomic E-state index is 0.0736. The molecular weight excluding hydrogens is 329 g/mol. The largest absolute Gasteiger partial charge is 0.481 e. The second-order valence-electron chi connectivity index (χ2n) is 6.45. The molecule has 1 aliphatic heterocycles. The summed E-state index contributed by atoms with van der Waals surface area (Å²) in [6.07, 6.45) is 0.204. The van der Waals surface area contributed by atoms with Gasteiger partial charge in [-0.05, 0) is 12.8 Å². The summed E-state index contributed by atoms with van der Waals surface area (Å²) >= 11 is 1.57. The highest BCUT2D eigenvalue weighted by Gasteiger charge is 2.52. The number of hydrogen-bond acceptors (Lipinski definition) is 4. The molecule has 1 saturated heterocycles. The summed E-state index contributed by atoms with van der Waals surface area (Å²) in [5.74, 6) is -4.07. The van der Waals surface area contributed by atoms with Crippen LogP contribution in [0.3, 0.4) is 0 Å². The van der Waals surface area contributed by atoms with E-state index >= 15 is 0 Å². The molecule has 0 unspecified atom stereocenters. The maximum atomic E-state index is 13.0. The molecule has 1 saturated carbocycles. The molecule has 0 amide bonds. The van der Waals surface area contributed by atoms with Gasteiger partial charge in [0.25, 0.3) is 0 Å². The maximum absolute atomic E-state index is 13.0. The molecule has 2 atom stereocenters. The second kappa shape index (κ2) is 6.39. The third-order valence-corrected chi connectivity index (χ3v) is 5.85. The van der Waals surface area contributed by atoms with Crippen LogP contribution < -0.4 is 0 Å². The van der Waals surface area contributed by atoms with Crippen molar-refractivity contribution in [1.82, 2.24) is 9.88 Å². The van der Waals surface area contributed by atoms with Gasteiger partial charge in [0.05, 0.1) is 22.5 Å². The Hall–Kier alpha value is -1.15. The van der Waals surface area contributed by atoms with E-state index in [0.717, 1.165) is 23.5 Å². The van der Waals surface area contributed by atoms with E-state index in [4.69, 9.17) is 5.11 Å². The molecule has 3 rings (SSSR count). The molecular formula is C15H19F3N2O2S. The van der Waals surface area contributed by atoms with E-state index in [0.29, 0.717) is 12.5 Å². The minimum atomic E-state index is -4.48. The zero-order valence-electron chi connectivity index (χ0n) is 12.6. The Morgan fingerprint density at radius 3 is 2.61 bits per heavy atom. The van der Waals surface area contributed by atoms with E-state index in [9.17, 15) is 18.0 Å². The number of carboxylic acids is 1. The molecule has 1 aromatic heterocycles. The molecule has 1 aliphatic carbocycles. The van der Waals surface area contributed by atoms with E-state index < -0.39 is 24.0 Å². The molecule has 8 heteroatoms. The number of thiazole rings is 1. The average Bonchev–Trinajstić information content (AvgIpc) is 3.17. The smallest absolute Gasteiger partial charge is 0.393 e. The van der Waals surface area contributed by atoms with Gasteiger partial charge in [-0.15, -0.1) is 11.3 Å². The molecule has 0 spiro atoms. The Morgan fingerprint density at radius 2 is 2.04 bits per heavy atom. The van der Waals surface area contributed by atoms with Crippen LogP contribution in [0.15, 0.2) is 5.38 Å². The lowest BCUT2D eigenvalue weighted by molar-refractivity contribution is -0.188. The number of carboxylic acid groups (broad SMARTS) is 1. The van der Waals surface area contributed by atoms with Crippen molar-refractivity contribution in [3.8, 4) is 0 Å². The van der Waals surface area contributed by atoms with Crippen molar-refractivity contribution in [2.24, 2.45) is 11.8 Å². The first-order valence-electron chi connectivity index (χ1n) is 7.80. The number of halogens is 3. The Labute approximate surface area is 136 Å². The van der Waals surface area contributed by atoms with E-state index in [-0.39, 0.29) is 13.1 Å². The van der Waals surface area contributed by atoms with Gasteiger partial charge in [-0.1, -0.05) is 12.8 Å². The molecule has 4 nitrogen and oxygen atoms in total. The van der Waals surface area contributed by atoms with Crippen LogP contribution in [0, 0.1) is 11.8 Å². The minimum Gasteiger partial charge on any atom is -0.481 e. The van der Waals surface area contributed by atoms with Gasteiger partial charge in [-0.3, -0.25) is 9.69 Å². The van der Waals surface area contributed by atoms with E-state index in [1.54, 1.807) is 16.2 Å². The Morgan fingerprint density at radius 1 is 1.35 bits per heavy atom. The predicted molar refractivity (Wildman–Crippen MR) is 79.3 cm³/mol. The molecule has 2 heterocycles. The number of likely N-dealkylation sites (tertiary alicyclic amines) is 1. The quantitative estimate of drug-likeness (QED) is 0.905. The van der Waals surface area contributed by atoms with Crippen molar-refractivity contribution in [3.05, 3.63) is 16.1 Å². The van der Waals surface area contributed by atoms with Crippen LogP contribution in [-0.4, -0.2) is 40.2 Å². The number of aliphatic carboxylic acids is 1. The van der Waals surface area contributed by atoms with Crippen LogP contribution in [0.25, 0.3) is 0 Å². The highest BCUT2D eigenvalue weighted by Crippen LogP contribution is 2.39. The van der Waals surface area contributed by atoms with Crippen molar-refractivity contribution in [2.75, 3.05) is 13.1 Å². The Balaban J connectivity index is 1.65. The van der Waals surface area contributed by atoms with Gasteiger partial charge in [-0.2, -0.15) is 13.2 Å². The normalized spacial score (nSPS) is 26.9. The second-order valence-corrected chi connectivity index (χ2v) is 7.34. The monoisotopic (exact) mass is 348 g/mol. The van der Waals surface area contributed by atoms with Crippen LogP contribution in [0.1, 0.15) is 42.3 Å². The first-order valence-corrected chi connectivity index (χ1v) is 8.68. The molecule has 128 valence electrons. The summed E-state index contributed by atoms with van der Waals surface area (Å²) in [7, 11) is 0. The number of carbonyl (C=O) groups is 1. The summed E-state index contributed by atoms with van der Waals surface area (Å²) in [4.78, 5) is 17.2. The van der Waals surface area contributed by atoms with Gasteiger partial charge in [0.2, 0.25) is 0 Å². The topological polar surface area (TPSA) is 53.4 Å².